The minimum atomic E-state index is -0.243. The molecule has 4 rings (SSSR count). The van der Waals surface area contributed by atoms with Crippen molar-refractivity contribution in [2.75, 3.05) is 0 Å². The number of carbonyl (C=O) groups excluding carboxylic acids is 1. The molecule has 3 heterocycles. The van der Waals surface area contributed by atoms with Gasteiger partial charge in [0.05, 0.1) is 22.5 Å². The first-order valence-corrected chi connectivity index (χ1v) is 10.7. The van der Waals surface area contributed by atoms with Crippen LogP contribution in [0.2, 0.25) is 0 Å². The Labute approximate surface area is 173 Å². The Kier molecular flexibility index (Phi) is 5.58. The van der Waals surface area contributed by atoms with Crippen molar-refractivity contribution in [3.63, 3.8) is 0 Å². The lowest BCUT2D eigenvalue weighted by atomic mass is 10.1. The van der Waals surface area contributed by atoms with Crippen LogP contribution in [0, 0.1) is 6.92 Å². The summed E-state index contributed by atoms with van der Waals surface area (Å²) in [4.78, 5) is 12.8. The van der Waals surface area contributed by atoms with Crippen LogP contribution in [0.15, 0.2) is 52.1 Å². The number of amides is 1. The average molecular weight is 409 g/mol. The molecule has 1 unspecified atom stereocenters. The van der Waals surface area contributed by atoms with Crippen molar-refractivity contribution in [1.29, 1.82) is 0 Å². The SMILES string of the molecule is CCc1nnc(SC(CC)C(=O)NCc2ccc(C)cc2)c2cc3occc3n12. The van der Waals surface area contributed by atoms with E-state index in [4.69, 9.17) is 4.42 Å². The third-order valence-electron chi connectivity index (χ3n) is 4.98. The Morgan fingerprint density at radius 3 is 2.69 bits per heavy atom. The fourth-order valence-corrected chi connectivity index (χ4v) is 4.32. The van der Waals surface area contributed by atoms with Gasteiger partial charge in [-0.15, -0.1) is 10.2 Å². The van der Waals surface area contributed by atoms with Crippen LogP contribution in [-0.4, -0.2) is 25.8 Å². The summed E-state index contributed by atoms with van der Waals surface area (Å²) in [6, 6.07) is 12.1. The summed E-state index contributed by atoms with van der Waals surface area (Å²) in [6.07, 6.45) is 3.14. The third kappa shape index (κ3) is 3.87. The fraction of sp³-hybridized carbons (Fsp3) is 0.318. The van der Waals surface area contributed by atoms with Gasteiger partial charge in [-0.1, -0.05) is 55.4 Å². The lowest BCUT2D eigenvalue weighted by Crippen LogP contribution is -2.32. The highest BCUT2D eigenvalue weighted by Gasteiger charge is 2.22. The van der Waals surface area contributed by atoms with Crippen molar-refractivity contribution in [2.24, 2.45) is 0 Å². The highest BCUT2D eigenvalue weighted by Crippen LogP contribution is 2.32. The molecule has 0 fully saturated rings. The van der Waals surface area contributed by atoms with Crippen molar-refractivity contribution < 1.29 is 9.21 Å². The molecular weight excluding hydrogens is 384 g/mol. The first-order valence-electron chi connectivity index (χ1n) is 9.84. The molecule has 0 radical (unpaired) electrons. The van der Waals surface area contributed by atoms with Crippen molar-refractivity contribution in [2.45, 2.75) is 50.4 Å². The van der Waals surface area contributed by atoms with E-state index in [2.05, 4.69) is 45.9 Å². The molecule has 0 aliphatic rings. The molecule has 29 heavy (non-hydrogen) atoms. The van der Waals surface area contributed by atoms with Gasteiger partial charge in [-0.2, -0.15) is 0 Å². The Balaban J connectivity index is 1.55. The monoisotopic (exact) mass is 408 g/mol. The molecule has 0 bridgehead atoms. The van der Waals surface area contributed by atoms with Crippen molar-refractivity contribution >= 4 is 34.3 Å². The molecule has 0 saturated carbocycles. The van der Waals surface area contributed by atoms with E-state index < -0.39 is 0 Å². The van der Waals surface area contributed by atoms with E-state index in [-0.39, 0.29) is 11.2 Å². The molecule has 150 valence electrons. The highest BCUT2D eigenvalue weighted by molar-refractivity contribution is 8.00. The molecule has 6 nitrogen and oxygen atoms in total. The molecule has 1 aromatic carbocycles. The van der Waals surface area contributed by atoms with Crippen LogP contribution in [-0.2, 0) is 17.8 Å². The number of carbonyl (C=O) groups is 1. The number of benzene rings is 1. The van der Waals surface area contributed by atoms with E-state index in [1.807, 2.05) is 31.2 Å². The first-order chi connectivity index (χ1) is 14.1. The van der Waals surface area contributed by atoms with Gasteiger partial charge < -0.3 is 9.73 Å². The molecule has 1 N–H and O–H groups in total. The number of furan rings is 1. The predicted octanol–water partition coefficient (Wildman–Crippen LogP) is 4.53. The fourth-order valence-electron chi connectivity index (χ4n) is 3.34. The van der Waals surface area contributed by atoms with Gasteiger partial charge >= 0.3 is 0 Å². The van der Waals surface area contributed by atoms with E-state index in [1.165, 1.54) is 17.3 Å². The van der Waals surface area contributed by atoms with Gasteiger partial charge in [0.1, 0.15) is 10.9 Å². The topological polar surface area (TPSA) is 72.4 Å². The Bertz CT molecular complexity index is 1150. The number of nitrogens with zero attached hydrogens (tertiary/aromatic N) is 3. The summed E-state index contributed by atoms with van der Waals surface area (Å²) in [5.41, 5.74) is 5.00. The zero-order valence-electron chi connectivity index (χ0n) is 16.8. The molecule has 0 aliphatic heterocycles. The smallest absolute Gasteiger partial charge is 0.233 e. The molecule has 1 amide bonds. The number of hydrogen-bond donors (Lipinski definition) is 1. The minimum absolute atomic E-state index is 0.00726. The molecular formula is C22H24N4O2S. The number of hydrogen-bond acceptors (Lipinski definition) is 5. The quantitative estimate of drug-likeness (QED) is 0.455. The summed E-state index contributed by atoms with van der Waals surface area (Å²) < 4.78 is 7.64. The number of rotatable bonds is 7. The summed E-state index contributed by atoms with van der Waals surface area (Å²) in [7, 11) is 0. The standard InChI is InChI=1S/C22H24N4O2S/c1-4-19(21(27)23-13-15-8-6-14(3)7-9-15)29-22-17-12-18-16(10-11-28-18)26(17)20(5-2)24-25-22/h6-12,19H,4-5,13H2,1-3H3,(H,23,27). The highest BCUT2D eigenvalue weighted by atomic mass is 32.2. The second-order valence-electron chi connectivity index (χ2n) is 7.03. The normalized spacial score (nSPS) is 12.5. The first kappa shape index (κ1) is 19.5. The van der Waals surface area contributed by atoms with Crippen LogP contribution in [0.5, 0.6) is 0 Å². The molecule has 0 saturated heterocycles. The van der Waals surface area contributed by atoms with Crippen LogP contribution in [0.1, 0.15) is 37.2 Å². The zero-order chi connectivity index (χ0) is 20.4. The number of aromatic nitrogens is 3. The Morgan fingerprint density at radius 1 is 1.17 bits per heavy atom. The molecule has 7 heteroatoms. The Morgan fingerprint density at radius 2 is 1.97 bits per heavy atom. The maximum Gasteiger partial charge on any atom is 0.233 e. The van der Waals surface area contributed by atoms with E-state index in [0.29, 0.717) is 13.0 Å². The predicted molar refractivity (Wildman–Crippen MR) is 115 cm³/mol. The van der Waals surface area contributed by atoms with Crippen LogP contribution in [0.25, 0.3) is 16.6 Å². The van der Waals surface area contributed by atoms with Gasteiger partial charge in [0.25, 0.3) is 0 Å². The second-order valence-corrected chi connectivity index (χ2v) is 8.22. The maximum atomic E-state index is 12.8. The molecule has 3 aromatic heterocycles. The molecule has 0 spiro atoms. The lowest BCUT2D eigenvalue weighted by molar-refractivity contribution is -0.120. The van der Waals surface area contributed by atoms with Crippen LogP contribution in [0.4, 0.5) is 0 Å². The van der Waals surface area contributed by atoms with E-state index >= 15 is 0 Å². The van der Waals surface area contributed by atoms with Gasteiger partial charge in [-0.3, -0.25) is 9.20 Å². The lowest BCUT2D eigenvalue weighted by Gasteiger charge is -2.15. The number of thioether (sulfide) groups is 1. The number of aryl methyl sites for hydroxylation is 2. The molecule has 4 aromatic rings. The second kappa shape index (κ2) is 8.29. The van der Waals surface area contributed by atoms with Crippen LogP contribution in [0.3, 0.4) is 0 Å². The van der Waals surface area contributed by atoms with Gasteiger partial charge in [0.15, 0.2) is 5.58 Å². The van der Waals surface area contributed by atoms with E-state index in [0.717, 1.165) is 39.5 Å². The summed E-state index contributed by atoms with van der Waals surface area (Å²) >= 11 is 1.45. The minimum Gasteiger partial charge on any atom is -0.463 e. The van der Waals surface area contributed by atoms with Crippen molar-refractivity contribution in [3.8, 4) is 0 Å². The largest absolute Gasteiger partial charge is 0.463 e. The van der Waals surface area contributed by atoms with Gasteiger partial charge in [-0.05, 0) is 18.9 Å². The van der Waals surface area contributed by atoms with Crippen molar-refractivity contribution in [1.82, 2.24) is 19.9 Å². The molecule has 0 aliphatic carbocycles. The summed E-state index contributed by atoms with van der Waals surface area (Å²) in [6.45, 7) is 6.63. The van der Waals surface area contributed by atoms with Crippen LogP contribution >= 0.6 is 11.8 Å². The number of fused-ring (bicyclic) bond motifs is 3. The van der Waals surface area contributed by atoms with Gasteiger partial charge in [-0.25, -0.2) is 0 Å². The Hall–Kier alpha value is -2.80. The molecule has 1 atom stereocenters. The van der Waals surface area contributed by atoms with Gasteiger partial charge in [0, 0.05) is 25.1 Å². The summed E-state index contributed by atoms with van der Waals surface area (Å²) in [5.74, 6) is 0.880. The zero-order valence-corrected chi connectivity index (χ0v) is 17.6. The van der Waals surface area contributed by atoms with Crippen molar-refractivity contribution in [3.05, 3.63) is 59.6 Å². The average Bonchev–Trinajstić information content (AvgIpc) is 3.33. The van der Waals surface area contributed by atoms with Gasteiger partial charge in [0.2, 0.25) is 5.91 Å². The van der Waals surface area contributed by atoms with E-state index in [1.54, 1.807) is 6.26 Å². The maximum absolute atomic E-state index is 12.8. The summed E-state index contributed by atoms with van der Waals surface area (Å²) in [5, 5.41) is 12.4. The van der Waals surface area contributed by atoms with E-state index in [9.17, 15) is 4.79 Å². The number of nitrogens with one attached hydrogen (secondary N) is 1. The van der Waals surface area contributed by atoms with Crippen LogP contribution < -0.4 is 5.32 Å². The third-order valence-corrected chi connectivity index (χ3v) is 6.32.